The van der Waals surface area contributed by atoms with Gasteiger partial charge in [-0.3, -0.25) is 9.69 Å². The highest BCUT2D eigenvalue weighted by Gasteiger charge is 2.32. The molecule has 0 amide bonds. The molecule has 0 radical (unpaired) electrons. The van der Waals surface area contributed by atoms with Gasteiger partial charge in [-0.1, -0.05) is 30.3 Å². The molecular formula is C20H22N4O2. The molecule has 0 fully saturated rings. The van der Waals surface area contributed by atoms with Crippen molar-refractivity contribution >= 4 is 22.4 Å². The number of aromatic nitrogens is 2. The van der Waals surface area contributed by atoms with Crippen molar-refractivity contribution in [2.75, 3.05) is 11.9 Å². The van der Waals surface area contributed by atoms with Crippen LogP contribution in [0.4, 0.5) is 5.82 Å². The number of aromatic amines is 1. The Kier molecular flexibility index (Phi) is 4.01. The summed E-state index contributed by atoms with van der Waals surface area (Å²) in [7, 11) is 1.78. The van der Waals surface area contributed by atoms with Crippen LogP contribution in [0.3, 0.4) is 0 Å². The second-order valence-corrected chi connectivity index (χ2v) is 6.94. The van der Waals surface area contributed by atoms with E-state index in [4.69, 9.17) is 0 Å². The van der Waals surface area contributed by atoms with Gasteiger partial charge in [-0.15, -0.1) is 0 Å². The van der Waals surface area contributed by atoms with Crippen LogP contribution in [-0.4, -0.2) is 39.2 Å². The van der Waals surface area contributed by atoms with Gasteiger partial charge in [-0.05, 0) is 34.9 Å². The van der Waals surface area contributed by atoms with E-state index < -0.39 is 6.35 Å². The molecule has 1 aliphatic rings. The Morgan fingerprint density at radius 3 is 2.92 bits per heavy atom. The SMILES string of the molecule is CC(=O)c1nc2c([nH]1)CN(Cc1ccc3c(C)cccc3c1)C(O)N2C. The molecule has 6 nitrogen and oxygen atoms in total. The quantitative estimate of drug-likeness (QED) is 0.711. The Bertz CT molecular complexity index is 995. The third kappa shape index (κ3) is 2.77. The number of fused-ring (bicyclic) bond motifs is 2. The van der Waals surface area contributed by atoms with Crippen molar-refractivity contribution in [3.63, 3.8) is 0 Å². The molecule has 0 saturated heterocycles. The lowest BCUT2D eigenvalue weighted by Crippen LogP contribution is -2.49. The van der Waals surface area contributed by atoms with Crippen molar-refractivity contribution in [3.05, 3.63) is 59.0 Å². The standard InChI is InChI=1S/C20H22N4O2/c1-12-5-4-6-15-9-14(7-8-16(12)15)10-24-11-17-19(23(3)20(24)26)22-18(21-17)13(2)25/h4-9,20,26H,10-11H2,1-3H3,(H,21,22). The molecule has 2 N–H and O–H groups in total. The highest BCUT2D eigenvalue weighted by atomic mass is 16.3. The first kappa shape index (κ1) is 16.8. The molecular weight excluding hydrogens is 328 g/mol. The molecule has 2 aromatic carbocycles. The number of rotatable bonds is 3. The van der Waals surface area contributed by atoms with Gasteiger partial charge in [0, 0.05) is 27.1 Å². The van der Waals surface area contributed by atoms with E-state index in [-0.39, 0.29) is 5.78 Å². The molecule has 0 bridgehead atoms. The van der Waals surface area contributed by atoms with Gasteiger partial charge < -0.3 is 15.0 Å². The lowest BCUT2D eigenvalue weighted by molar-refractivity contribution is -0.0149. The number of nitrogens with zero attached hydrogens (tertiary/aromatic N) is 3. The van der Waals surface area contributed by atoms with E-state index in [1.807, 2.05) is 4.90 Å². The van der Waals surface area contributed by atoms with Crippen LogP contribution < -0.4 is 4.90 Å². The fraction of sp³-hybridized carbons (Fsp3) is 0.300. The highest BCUT2D eigenvalue weighted by molar-refractivity contribution is 5.91. The molecule has 1 aromatic heterocycles. The molecule has 0 aliphatic carbocycles. The summed E-state index contributed by atoms with van der Waals surface area (Å²) in [6.45, 7) is 4.70. The fourth-order valence-electron chi connectivity index (χ4n) is 3.57. The van der Waals surface area contributed by atoms with Crippen LogP contribution in [0.15, 0.2) is 36.4 Å². The van der Waals surface area contributed by atoms with Gasteiger partial charge in [-0.2, -0.15) is 0 Å². The molecule has 3 aromatic rings. The van der Waals surface area contributed by atoms with E-state index in [1.165, 1.54) is 23.3 Å². The normalized spacial score (nSPS) is 17.5. The summed E-state index contributed by atoms with van der Waals surface area (Å²) < 4.78 is 0. The monoisotopic (exact) mass is 350 g/mol. The van der Waals surface area contributed by atoms with E-state index in [0.717, 1.165) is 11.3 Å². The zero-order valence-electron chi connectivity index (χ0n) is 15.2. The molecule has 6 heteroatoms. The van der Waals surface area contributed by atoms with Gasteiger partial charge in [-0.25, -0.2) is 4.98 Å². The minimum Gasteiger partial charge on any atom is -0.361 e. The Morgan fingerprint density at radius 2 is 2.15 bits per heavy atom. The maximum absolute atomic E-state index is 11.6. The van der Waals surface area contributed by atoms with E-state index in [0.29, 0.717) is 24.7 Å². The Balaban J connectivity index is 1.63. The van der Waals surface area contributed by atoms with Gasteiger partial charge in [0.05, 0.1) is 5.69 Å². The lowest BCUT2D eigenvalue weighted by atomic mass is 10.0. The summed E-state index contributed by atoms with van der Waals surface area (Å²) in [6.07, 6.45) is -0.793. The number of hydrogen-bond donors (Lipinski definition) is 2. The van der Waals surface area contributed by atoms with Crippen LogP contribution in [0, 0.1) is 6.92 Å². The number of H-pyrrole nitrogens is 1. The molecule has 1 aliphatic heterocycles. The number of aliphatic hydroxyl groups excluding tert-OH is 1. The smallest absolute Gasteiger partial charge is 0.195 e. The van der Waals surface area contributed by atoms with Crippen molar-refractivity contribution in [1.29, 1.82) is 0 Å². The van der Waals surface area contributed by atoms with Gasteiger partial charge >= 0.3 is 0 Å². The van der Waals surface area contributed by atoms with Gasteiger partial charge in [0.25, 0.3) is 0 Å². The largest absolute Gasteiger partial charge is 0.361 e. The molecule has 0 saturated carbocycles. The molecule has 1 atom stereocenters. The third-order valence-electron chi connectivity index (χ3n) is 5.01. The highest BCUT2D eigenvalue weighted by Crippen LogP contribution is 2.29. The zero-order valence-corrected chi connectivity index (χ0v) is 15.2. The predicted octanol–water partition coefficient (Wildman–Crippen LogP) is 2.80. The molecule has 0 spiro atoms. The summed E-state index contributed by atoms with van der Waals surface area (Å²) in [6, 6.07) is 12.7. The van der Waals surface area contributed by atoms with Gasteiger partial charge in [0.15, 0.2) is 23.8 Å². The average molecular weight is 350 g/mol. The van der Waals surface area contributed by atoms with Crippen LogP contribution in [0.25, 0.3) is 10.8 Å². The van der Waals surface area contributed by atoms with E-state index >= 15 is 0 Å². The van der Waals surface area contributed by atoms with Crippen LogP contribution >= 0.6 is 0 Å². The number of anilines is 1. The number of aliphatic hydroxyl groups is 1. The first-order valence-corrected chi connectivity index (χ1v) is 8.67. The molecule has 2 heterocycles. The van der Waals surface area contributed by atoms with Crippen LogP contribution in [-0.2, 0) is 13.1 Å². The second kappa shape index (κ2) is 6.23. The van der Waals surface area contributed by atoms with Gasteiger partial charge in [0.1, 0.15) is 0 Å². The summed E-state index contributed by atoms with van der Waals surface area (Å²) in [4.78, 5) is 22.6. The number of carbonyl (C=O) groups is 1. The Labute approximate surface area is 152 Å². The molecule has 1 unspecified atom stereocenters. The number of aryl methyl sites for hydroxylation is 1. The summed E-state index contributed by atoms with van der Waals surface area (Å²) >= 11 is 0. The second-order valence-electron chi connectivity index (χ2n) is 6.94. The summed E-state index contributed by atoms with van der Waals surface area (Å²) in [5.41, 5.74) is 3.23. The molecule has 134 valence electrons. The first-order chi connectivity index (χ1) is 12.4. The number of hydrogen-bond acceptors (Lipinski definition) is 5. The van der Waals surface area contributed by atoms with E-state index in [9.17, 15) is 9.90 Å². The number of nitrogens with one attached hydrogen (secondary N) is 1. The van der Waals surface area contributed by atoms with Crippen LogP contribution in [0.1, 0.15) is 34.4 Å². The predicted molar refractivity (Wildman–Crippen MR) is 101 cm³/mol. The maximum Gasteiger partial charge on any atom is 0.195 e. The number of benzene rings is 2. The number of Topliss-reactive ketones (excluding diaryl/α,β-unsaturated/α-hetero) is 1. The molecule has 26 heavy (non-hydrogen) atoms. The summed E-state index contributed by atoms with van der Waals surface area (Å²) in [5.74, 6) is 0.851. The van der Waals surface area contributed by atoms with Gasteiger partial charge in [0.2, 0.25) is 0 Å². The Morgan fingerprint density at radius 1 is 1.35 bits per heavy atom. The minimum atomic E-state index is -0.793. The minimum absolute atomic E-state index is 0.112. The van der Waals surface area contributed by atoms with Crippen LogP contribution in [0.5, 0.6) is 0 Å². The summed E-state index contributed by atoms with van der Waals surface area (Å²) in [5, 5.41) is 13.1. The maximum atomic E-state index is 11.6. The van der Waals surface area contributed by atoms with Crippen molar-refractivity contribution in [3.8, 4) is 0 Å². The zero-order chi connectivity index (χ0) is 18.4. The van der Waals surface area contributed by atoms with Crippen LogP contribution in [0.2, 0.25) is 0 Å². The Hall–Kier alpha value is -2.70. The lowest BCUT2D eigenvalue weighted by Gasteiger charge is -2.38. The van der Waals surface area contributed by atoms with Crippen molar-refractivity contribution in [1.82, 2.24) is 14.9 Å². The van der Waals surface area contributed by atoms with Crippen molar-refractivity contribution in [2.45, 2.75) is 33.3 Å². The first-order valence-electron chi connectivity index (χ1n) is 8.67. The van der Waals surface area contributed by atoms with E-state index in [2.05, 4.69) is 53.3 Å². The topological polar surface area (TPSA) is 72.5 Å². The van der Waals surface area contributed by atoms with Crippen molar-refractivity contribution < 1.29 is 9.90 Å². The third-order valence-corrected chi connectivity index (χ3v) is 5.01. The number of imidazole rings is 1. The number of carbonyl (C=O) groups excluding carboxylic acids is 1. The fourth-order valence-corrected chi connectivity index (χ4v) is 3.57. The average Bonchev–Trinajstić information content (AvgIpc) is 3.04. The molecule has 4 rings (SSSR count). The van der Waals surface area contributed by atoms with E-state index in [1.54, 1.807) is 11.9 Å². The van der Waals surface area contributed by atoms with Crippen molar-refractivity contribution in [2.24, 2.45) is 0 Å². The number of ketones is 1.